The van der Waals surface area contributed by atoms with Crippen molar-refractivity contribution in [2.75, 3.05) is 13.1 Å². The summed E-state index contributed by atoms with van der Waals surface area (Å²) in [6.45, 7) is 10.6. The molecule has 0 unspecified atom stereocenters. The zero-order valence-electron chi connectivity index (χ0n) is 26.1. The largest absolute Gasteiger partial charge is 0.388 e. The number of unbranched alkanes of at least 4 members (excludes halogenated alkanes) is 8. The van der Waals surface area contributed by atoms with Crippen molar-refractivity contribution in [3.63, 3.8) is 0 Å². The maximum absolute atomic E-state index is 13.4. The van der Waals surface area contributed by atoms with Crippen LogP contribution in [-0.2, 0) is 9.59 Å². The second kappa shape index (κ2) is 13.4. The van der Waals surface area contributed by atoms with Crippen molar-refractivity contribution < 1.29 is 14.7 Å². The first-order valence-corrected chi connectivity index (χ1v) is 17.2. The summed E-state index contributed by atoms with van der Waals surface area (Å²) in [5.74, 6) is 3.31. The molecule has 0 heterocycles. The van der Waals surface area contributed by atoms with Gasteiger partial charge in [0.1, 0.15) is 5.78 Å². The molecule has 1 N–H and O–H groups in total. The number of rotatable bonds is 14. The lowest BCUT2D eigenvalue weighted by Crippen LogP contribution is -2.58. The zero-order valence-corrected chi connectivity index (χ0v) is 26.1. The quantitative estimate of drug-likeness (QED) is 0.223. The first kappa shape index (κ1) is 31.0. The second-order valence-corrected chi connectivity index (χ2v) is 14.9. The van der Waals surface area contributed by atoms with Gasteiger partial charge >= 0.3 is 0 Å². The number of carbonyl (C=O) groups excluding carboxylic acids is 2. The van der Waals surface area contributed by atoms with Gasteiger partial charge in [-0.2, -0.15) is 0 Å². The standard InChI is InChI=1S/C35H61NO3/c1-5-7-9-10-11-12-13-15-32(38)36(24-14-8-6-2)26-35(39)23-22-33(3)27(25-35)16-17-28-29-18-19-31(37)34(29,4)21-20-30(28)33/h27-30,39H,5-26H2,1-4H3/t27-,28-,29-,30-,33-,34-,35+/m0/s1. The highest BCUT2D eigenvalue weighted by atomic mass is 16.3. The SMILES string of the molecule is CCCCCCCCCC(=O)N(CCCCC)C[C@@]1(O)CC[C@@]2(C)[C@@H](CC[C@@H]3[C@@H]2CC[C@]2(C)C(=O)CC[C@@H]32)C1. The van der Waals surface area contributed by atoms with E-state index in [4.69, 9.17) is 0 Å². The van der Waals surface area contributed by atoms with Gasteiger partial charge in [0.05, 0.1) is 5.60 Å². The van der Waals surface area contributed by atoms with Crippen LogP contribution >= 0.6 is 0 Å². The first-order chi connectivity index (χ1) is 18.7. The van der Waals surface area contributed by atoms with Gasteiger partial charge < -0.3 is 10.0 Å². The van der Waals surface area contributed by atoms with Crippen LogP contribution in [0.15, 0.2) is 0 Å². The Labute approximate surface area is 240 Å². The number of carbonyl (C=O) groups is 2. The Morgan fingerprint density at radius 3 is 2.28 bits per heavy atom. The summed E-state index contributed by atoms with van der Waals surface area (Å²) in [7, 11) is 0. The lowest BCUT2D eigenvalue weighted by atomic mass is 9.44. The maximum atomic E-state index is 13.4. The Kier molecular flexibility index (Phi) is 10.7. The van der Waals surface area contributed by atoms with E-state index in [9.17, 15) is 14.7 Å². The van der Waals surface area contributed by atoms with Gasteiger partial charge in [-0.25, -0.2) is 0 Å². The van der Waals surface area contributed by atoms with Gasteiger partial charge in [0, 0.05) is 31.3 Å². The van der Waals surface area contributed by atoms with Gasteiger partial charge in [-0.05, 0) is 93.3 Å². The lowest BCUT2D eigenvalue weighted by Gasteiger charge is -2.61. The molecular formula is C35H61NO3. The molecule has 1 amide bonds. The molecule has 4 aliphatic carbocycles. The highest BCUT2D eigenvalue weighted by Gasteiger charge is 2.61. The number of ketones is 1. The number of Topliss-reactive ketones (excluding diaryl/α,β-unsaturated/α-hetero) is 1. The van der Waals surface area contributed by atoms with Crippen molar-refractivity contribution in [1.82, 2.24) is 4.90 Å². The highest BCUT2D eigenvalue weighted by Crippen LogP contribution is 2.66. The molecule has 0 aromatic rings. The topological polar surface area (TPSA) is 57.6 Å². The third-order valence-corrected chi connectivity index (χ3v) is 12.4. The number of hydrogen-bond acceptors (Lipinski definition) is 3. The number of hydrogen-bond donors (Lipinski definition) is 1. The predicted molar refractivity (Wildman–Crippen MR) is 160 cm³/mol. The van der Waals surface area contributed by atoms with Crippen LogP contribution < -0.4 is 0 Å². The summed E-state index contributed by atoms with van der Waals surface area (Å²) in [6, 6.07) is 0. The molecule has 4 saturated carbocycles. The van der Waals surface area contributed by atoms with Crippen LogP contribution in [0.2, 0.25) is 0 Å². The summed E-state index contributed by atoms with van der Waals surface area (Å²) < 4.78 is 0. The Hall–Kier alpha value is -0.900. The molecule has 39 heavy (non-hydrogen) atoms. The van der Waals surface area contributed by atoms with Crippen LogP contribution in [-0.4, -0.2) is 40.4 Å². The summed E-state index contributed by atoms with van der Waals surface area (Å²) in [5.41, 5.74) is -0.531. The average Bonchev–Trinajstić information content (AvgIpc) is 3.22. The van der Waals surface area contributed by atoms with Gasteiger partial charge in [-0.3, -0.25) is 9.59 Å². The van der Waals surface area contributed by atoms with Crippen LogP contribution in [0.5, 0.6) is 0 Å². The molecule has 4 aliphatic rings. The van der Waals surface area contributed by atoms with Crippen molar-refractivity contribution >= 4 is 11.7 Å². The molecule has 0 saturated heterocycles. The monoisotopic (exact) mass is 543 g/mol. The maximum Gasteiger partial charge on any atom is 0.222 e. The number of nitrogens with zero attached hydrogens (tertiary/aromatic N) is 1. The van der Waals surface area contributed by atoms with Crippen molar-refractivity contribution in [1.29, 1.82) is 0 Å². The van der Waals surface area contributed by atoms with Gasteiger partial charge in [0.2, 0.25) is 5.91 Å². The third-order valence-electron chi connectivity index (χ3n) is 12.4. The smallest absolute Gasteiger partial charge is 0.222 e. The molecule has 7 atom stereocenters. The van der Waals surface area contributed by atoms with Gasteiger partial charge in [-0.1, -0.05) is 79.1 Å². The minimum Gasteiger partial charge on any atom is -0.388 e. The van der Waals surface area contributed by atoms with E-state index in [1.807, 2.05) is 0 Å². The Balaban J connectivity index is 1.35. The predicted octanol–water partition coefficient (Wildman–Crippen LogP) is 8.49. The van der Waals surface area contributed by atoms with Gasteiger partial charge in [0.15, 0.2) is 0 Å². The van der Waals surface area contributed by atoms with E-state index in [-0.39, 0.29) is 16.7 Å². The average molecular weight is 544 g/mol. The van der Waals surface area contributed by atoms with Gasteiger partial charge in [0.25, 0.3) is 0 Å². The fraction of sp³-hybridized carbons (Fsp3) is 0.943. The normalized spacial score (nSPS) is 37.7. The number of amides is 1. The van der Waals surface area contributed by atoms with E-state index in [1.165, 1.54) is 51.4 Å². The van der Waals surface area contributed by atoms with Crippen LogP contribution in [0.3, 0.4) is 0 Å². The molecule has 224 valence electrons. The molecular weight excluding hydrogens is 482 g/mol. The molecule has 0 radical (unpaired) electrons. The van der Waals surface area contributed by atoms with E-state index >= 15 is 0 Å². The minimum absolute atomic E-state index is 0.0609. The summed E-state index contributed by atoms with van der Waals surface area (Å²) in [5, 5.41) is 12.0. The molecule has 0 spiro atoms. The molecule has 0 aromatic carbocycles. The molecule has 0 bridgehead atoms. The Bertz CT molecular complexity index is 827. The summed E-state index contributed by atoms with van der Waals surface area (Å²) >= 11 is 0. The molecule has 4 fully saturated rings. The molecule has 4 nitrogen and oxygen atoms in total. The molecule has 4 heteroatoms. The van der Waals surface area contributed by atoms with Gasteiger partial charge in [-0.15, -0.1) is 0 Å². The highest BCUT2D eigenvalue weighted by molar-refractivity contribution is 5.87. The van der Waals surface area contributed by atoms with Crippen molar-refractivity contribution in [3.8, 4) is 0 Å². The number of fused-ring (bicyclic) bond motifs is 5. The van der Waals surface area contributed by atoms with E-state index in [0.717, 1.165) is 77.2 Å². The third kappa shape index (κ3) is 6.78. The molecule has 0 aromatic heterocycles. The van der Waals surface area contributed by atoms with Crippen molar-refractivity contribution in [3.05, 3.63) is 0 Å². The second-order valence-electron chi connectivity index (χ2n) is 14.9. The lowest BCUT2D eigenvalue weighted by molar-refractivity contribution is -0.161. The van der Waals surface area contributed by atoms with E-state index in [0.29, 0.717) is 42.4 Å². The molecule has 0 aliphatic heterocycles. The Morgan fingerprint density at radius 2 is 1.54 bits per heavy atom. The van der Waals surface area contributed by atoms with Crippen LogP contribution in [0.4, 0.5) is 0 Å². The van der Waals surface area contributed by atoms with Crippen LogP contribution in [0.25, 0.3) is 0 Å². The minimum atomic E-state index is -0.744. The Morgan fingerprint density at radius 1 is 0.846 bits per heavy atom. The van der Waals surface area contributed by atoms with Crippen LogP contribution in [0, 0.1) is 34.5 Å². The van der Waals surface area contributed by atoms with E-state index in [1.54, 1.807) is 0 Å². The number of aliphatic hydroxyl groups is 1. The van der Waals surface area contributed by atoms with Crippen LogP contribution in [0.1, 0.15) is 156 Å². The summed E-state index contributed by atoms with van der Waals surface area (Å²) in [6.07, 6.45) is 21.9. The first-order valence-electron chi connectivity index (χ1n) is 17.2. The van der Waals surface area contributed by atoms with E-state index in [2.05, 4.69) is 32.6 Å². The van der Waals surface area contributed by atoms with Crippen molar-refractivity contribution in [2.45, 2.75) is 162 Å². The summed E-state index contributed by atoms with van der Waals surface area (Å²) in [4.78, 5) is 28.2. The zero-order chi connectivity index (χ0) is 28.1. The molecule has 4 rings (SSSR count). The fourth-order valence-corrected chi connectivity index (χ4v) is 9.83. The van der Waals surface area contributed by atoms with E-state index < -0.39 is 5.60 Å². The fourth-order valence-electron chi connectivity index (χ4n) is 9.83. The van der Waals surface area contributed by atoms with Crippen molar-refractivity contribution in [2.24, 2.45) is 34.5 Å².